The molecule has 1 atom stereocenters. The molecule has 0 aliphatic rings. The number of carbonyl (C=O) groups is 2. The number of nitrogens with one attached hydrogen (secondary N) is 1. The lowest BCUT2D eigenvalue weighted by Crippen LogP contribution is -2.45. The van der Waals surface area contributed by atoms with Crippen LogP contribution >= 0.6 is 0 Å². The van der Waals surface area contributed by atoms with Crippen molar-refractivity contribution in [1.82, 2.24) is 5.32 Å². The van der Waals surface area contributed by atoms with Crippen molar-refractivity contribution < 1.29 is 33.0 Å². The van der Waals surface area contributed by atoms with Crippen molar-refractivity contribution in [2.24, 2.45) is 0 Å². The highest BCUT2D eigenvalue weighted by molar-refractivity contribution is 5.80. The number of halogens is 2. The van der Waals surface area contributed by atoms with Crippen LogP contribution in [0.4, 0.5) is 13.6 Å². The average molecular weight is 331 g/mol. The number of carboxylic acid groups (broad SMARTS) is 1. The van der Waals surface area contributed by atoms with Crippen LogP contribution in [0, 0.1) is 11.6 Å². The van der Waals surface area contributed by atoms with E-state index in [-0.39, 0.29) is 5.75 Å². The Labute approximate surface area is 132 Å². The van der Waals surface area contributed by atoms with Crippen molar-refractivity contribution in [3.05, 3.63) is 29.3 Å². The Morgan fingerprint density at radius 1 is 1.26 bits per heavy atom. The van der Waals surface area contributed by atoms with Gasteiger partial charge in [-0.15, -0.1) is 0 Å². The highest BCUT2D eigenvalue weighted by Crippen LogP contribution is 2.22. The van der Waals surface area contributed by atoms with Gasteiger partial charge in [0.1, 0.15) is 29.0 Å². The quantitative estimate of drug-likeness (QED) is 0.866. The van der Waals surface area contributed by atoms with E-state index in [0.717, 1.165) is 12.1 Å². The Morgan fingerprint density at radius 3 is 2.17 bits per heavy atom. The number of hydrogen-bond donors (Lipinski definition) is 2. The van der Waals surface area contributed by atoms with Crippen LogP contribution in [-0.2, 0) is 16.0 Å². The topological polar surface area (TPSA) is 84.9 Å². The van der Waals surface area contributed by atoms with Gasteiger partial charge in [-0.05, 0) is 20.8 Å². The molecule has 0 fully saturated rings. The first-order chi connectivity index (χ1) is 10.5. The number of rotatable bonds is 5. The first kappa shape index (κ1) is 18.7. The molecule has 2 N–H and O–H groups in total. The number of aliphatic carboxylic acids is 1. The van der Waals surface area contributed by atoms with E-state index in [1.165, 1.54) is 7.11 Å². The molecule has 0 spiro atoms. The van der Waals surface area contributed by atoms with Gasteiger partial charge in [0.25, 0.3) is 0 Å². The summed E-state index contributed by atoms with van der Waals surface area (Å²) in [5, 5.41) is 11.2. The van der Waals surface area contributed by atoms with E-state index in [0.29, 0.717) is 0 Å². The van der Waals surface area contributed by atoms with E-state index in [9.17, 15) is 18.4 Å². The summed E-state index contributed by atoms with van der Waals surface area (Å²) in [7, 11) is 1.25. The van der Waals surface area contributed by atoms with Gasteiger partial charge in [-0.2, -0.15) is 0 Å². The van der Waals surface area contributed by atoms with E-state index < -0.39 is 47.3 Å². The minimum atomic E-state index is -1.54. The van der Waals surface area contributed by atoms with Crippen molar-refractivity contribution in [2.75, 3.05) is 7.11 Å². The molecule has 1 rings (SSSR count). The second kappa shape index (κ2) is 7.26. The zero-order valence-corrected chi connectivity index (χ0v) is 13.3. The lowest BCUT2D eigenvalue weighted by atomic mass is 10.0. The predicted octanol–water partition coefficient (Wildman–Crippen LogP) is 2.49. The largest absolute Gasteiger partial charge is 0.497 e. The lowest BCUT2D eigenvalue weighted by molar-refractivity contribution is -0.139. The SMILES string of the molecule is COc1cc(F)c(C[C@@H](NC(=O)OC(C)(C)C)C(=O)O)c(F)c1. The van der Waals surface area contributed by atoms with Gasteiger partial charge < -0.3 is 19.9 Å². The molecule has 0 unspecified atom stereocenters. The van der Waals surface area contributed by atoms with Gasteiger partial charge in [-0.1, -0.05) is 0 Å². The summed E-state index contributed by atoms with van der Waals surface area (Å²) < 4.78 is 37.4. The average Bonchev–Trinajstić information content (AvgIpc) is 2.38. The van der Waals surface area contributed by atoms with Crippen molar-refractivity contribution in [2.45, 2.75) is 38.8 Å². The molecule has 1 aromatic rings. The third-order valence-electron chi connectivity index (χ3n) is 2.75. The summed E-state index contributed by atoms with van der Waals surface area (Å²) in [4.78, 5) is 22.8. The number of carboxylic acids is 1. The van der Waals surface area contributed by atoms with Gasteiger partial charge in [0.15, 0.2) is 0 Å². The highest BCUT2D eigenvalue weighted by Gasteiger charge is 2.26. The van der Waals surface area contributed by atoms with Crippen LogP contribution in [0.5, 0.6) is 5.75 Å². The zero-order valence-electron chi connectivity index (χ0n) is 13.3. The summed E-state index contributed by atoms with van der Waals surface area (Å²) in [6.45, 7) is 4.81. The van der Waals surface area contributed by atoms with Crippen molar-refractivity contribution >= 4 is 12.1 Å². The molecule has 1 amide bonds. The number of alkyl carbamates (subject to hydrolysis) is 1. The molecule has 0 aromatic heterocycles. The third-order valence-corrected chi connectivity index (χ3v) is 2.75. The second-order valence-corrected chi connectivity index (χ2v) is 5.81. The van der Waals surface area contributed by atoms with Crippen LogP contribution in [0.2, 0.25) is 0 Å². The number of methoxy groups -OCH3 is 1. The van der Waals surface area contributed by atoms with Crippen LogP contribution in [-0.4, -0.2) is 35.9 Å². The number of carbonyl (C=O) groups excluding carboxylic acids is 1. The number of hydrogen-bond acceptors (Lipinski definition) is 4. The smallest absolute Gasteiger partial charge is 0.408 e. The van der Waals surface area contributed by atoms with Gasteiger partial charge in [-0.25, -0.2) is 18.4 Å². The summed E-state index contributed by atoms with van der Waals surface area (Å²) >= 11 is 0. The van der Waals surface area contributed by atoms with Gasteiger partial charge in [0.05, 0.1) is 7.11 Å². The summed E-state index contributed by atoms with van der Waals surface area (Å²) in [6.07, 6.45) is -1.56. The Morgan fingerprint density at radius 2 is 1.78 bits per heavy atom. The van der Waals surface area contributed by atoms with Gasteiger partial charge >= 0.3 is 12.1 Å². The molecule has 0 saturated carbocycles. The lowest BCUT2D eigenvalue weighted by Gasteiger charge is -2.22. The molecule has 0 heterocycles. The molecular weight excluding hydrogens is 312 g/mol. The van der Waals surface area contributed by atoms with Crippen LogP contribution < -0.4 is 10.1 Å². The standard InChI is InChI=1S/C15H19F2NO5/c1-15(2,3)23-14(21)18-12(13(19)20)7-9-10(16)5-8(22-4)6-11(9)17/h5-6,12H,7H2,1-4H3,(H,18,21)(H,19,20)/t12-/m1/s1. The molecule has 23 heavy (non-hydrogen) atoms. The number of benzene rings is 1. The first-order valence-electron chi connectivity index (χ1n) is 6.77. The maximum absolute atomic E-state index is 13.9. The minimum Gasteiger partial charge on any atom is -0.497 e. The van der Waals surface area contributed by atoms with Crippen molar-refractivity contribution in [3.8, 4) is 5.75 Å². The minimum absolute atomic E-state index is 0.0317. The molecule has 0 radical (unpaired) electrons. The fraction of sp³-hybridized carbons (Fsp3) is 0.467. The van der Waals surface area contributed by atoms with Crippen molar-refractivity contribution in [3.63, 3.8) is 0 Å². The van der Waals surface area contributed by atoms with Gasteiger partial charge in [0.2, 0.25) is 0 Å². The Balaban J connectivity index is 2.93. The molecule has 0 aliphatic carbocycles. The zero-order chi connectivity index (χ0) is 17.8. The van der Waals surface area contributed by atoms with E-state index >= 15 is 0 Å². The number of ether oxygens (including phenoxy) is 2. The molecule has 0 aliphatic heterocycles. The van der Waals surface area contributed by atoms with Crippen LogP contribution in [0.1, 0.15) is 26.3 Å². The Bertz CT molecular complexity index is 575. The summed E-state index contributed by atoms with van der Waals surface area (Å²) in [6, 6.07) is 0.331. The van der Waals surface area contributed by atoms with Crippen LogP contribution in [0.25, 0.3) is 0 Å². The van der Waals surface area contributed by atoms with Gasteiger partial charge in [-0.3, -0.25) is 0 Å². The fourth-order valence-corrected chi connectivity index (χ4v) is 1.75. The Hall–Kier alpha value is -2.38. The molecule has 128 valence electrons. The summed E-state index contributed by atoms with van der Waals surface area (Å²) in [5.74, 6) is -3.39. The molecule has 6 nitrogen and oxygen atoms in total. The van der Waals surface area contributed by atoms with E-state index in [4.69, 9.17) is 14.6 Å². The van der Waals surface area contributed by atoms with Crippen LogP contribution in [0.15, 0.2) is 12.1 Å². The third kappa shape index (κ3) is 5.72. The Kier molecular flexibility index (Phi) is 5.89. The predicted molar refractivity (Wildman–Crippen MR) is 77.4 cm³/mol. The normalized spacial score (nSPS) is 12.4. The monoisotopic (exact) mass is 331 g/mol. The molecule has 0 saturated heterocycles. The molecule has 0 bridgehead atoms. The fourth-order valence-electron chi connectivity index (χ4n) is 1.75. The van der Waals surface area contributed by atoms with Gasteiger partial charge in [0, 0.05) is 24.1 Å². The molecule has 1 aromatic carbocycles. The van der Waals surface area contributed by atoms with Crippen molar-refractivity contribution in [1.29, 1.82) is 0 Å². The highest BCUT2D eigenvalue weighted by atomic mass is 19.1. The number of amides is 1. The first-order valence-corrected chi connectivity index (χ1v) is 6.77. The van der Waals surface area contributed by atoms with E-state index in [2.05, 4.69) is 5.32 Å². The molecular formula is C15H19F2NO5. The maximum atomic E-state index is 13.9. The van der Waals surface area contributed by atoms with Crippen LogP contribution in [0.3, 0.4) is 0 Å². The maximum Gasteiger partial charge on any atom is 0.408 e. The van der Waals surface area contributed by atoms with E-state index in [1.54, 1.807) is 20.8 Å². The second-order valence-electron chi connectivity index (χ2n) is 5.81. The van der Waals surface area contributed by atoms with E-state index in [1.807, 2.05) is 0 Å². The summed E-state index contributed by atoms with van der Waals surface area (Å²) in [5.41, 5.74) is -1.29. The molecule has 8 heteroatoms.